The number of carbonyl (C=O) groups excluding carboxylic acids is 1. The molecule has 1 aromatic heterocycles. The van der Waals surface area contributed by atoms with Gasteiger partial charge in [-0.3, -0.25) is 14.2 Å². The Balaban J connectivity index is 1.87. The molecule has 3 rings (SSSR count). The van der Waals surface area contributed by atoms with Crippen LogP contribution in [0.1, 0.15) is 13.3 Å². The van der Waals surface area contributed by atoms with Gasteiger partial charge >= 0.3 is 0 Å². The molecule has 1 atom stereocenters. The van der Waals surface area contributed by atoms with Crippen molar-refractivity contribution in [2.75, 3.05) is 11.9 Å². The number of hydrogen-bond acceptors (Lipinski definition) is 5. The number of anilines is 1. The zero-order valence-corrected chi connectivity index (χ0v) is 16.1. The van der Waals surface area contributed by atoms with Gasteiger partial charge in [-0.2, -0.15) is 0 Å². The van der Waals surface area contributed by atoms with Crippen molar-refractivity contribution < 1.29 is 14.3 Å². The van der Waals surface area contributed by atoms with Crippen molar-refractivity contribution in [1.82, 2.24) is 9.55 Å². The molecule has 0 saturated carbocycles. The summed E-state index contributed by atoms with van der Waals surface area (Å²) in [5, 5.41) is 12.1. The number of hydrogen-bond donors (Lipinski definition) is 2. The number of halogens is 1. The molecule has 1 heterocycles. The molecule has 0 unspecified atom stereocenters. The maximum absolute atomic E-state index is 13.3. The molecular formula is C20H20FN3O3S. The number of para-hydroxylation sites is 1. The van der Waals surface area contributed by atoms with Crippen molar-refractivity contribution in [2.24, 2.45) is 0 Å². The highest BCUT2D eigenvalue weighted by Gasteiger charge is 2.19. The number of carbonyl (C=O) groups is 1. The van der Waals surface area contributed by atoms with Crippen LogP contribution in [-0.4, -0.2) is 32.4 Å². The molecule has 0 saturated heterocycles. The van der Waals surface area contributed by atoms with E-state index in [0.29, 0.717) is 34.7 Å². The molecule has 0 aliphatic heterocycles. The SMILES string of the molecule is C[C@@H](Sc1nc2ccccc2c(=O)n1CCCO)C(=O)Nc1cccc(F)c1. The standard InChI is InChI=1S/C20H20FN3O3S/c1-13(18(26)22-15-7-4-6-14(21)12-15)28-20-23-17-9-3-2-8-16(17)19(27)24(20)10-5-11-25/h2-4,6-9,12-13,25H,5,10-11H2,1H3,(H,22,26)/t13-/m1/s1. The largest absolute Gasteiger partial charge is 0.396 e. The van der Waals surface area contributed by atoms with E-state index in [-0.39, 0.29) is 18.1 Å². The van der Waals surface area contributed by atoms with Gasteiger partial charge in [0.2, 0.25) is 5.91 Å². The highest BCUT2D eigenvalue weighted by Crippen LogP contribution is 2.24. The zero-order valence-electron chi connectivity index (χ0n) is 15.3. The molecule has 2 aromatic carbocycles. The van der Waals surface area contributed by atoms with Crippen LogP contribution in [0.25, 0.3) is 10.9 Å². The smallest absolute Gasteiger partial charge is 0.262 e. The number of fused-ring (bicyclic) bond motifs is 1. The Hall–Kier alpha value is -2.71. The first-order chi connectivity index (χ1) is 13.5. The average Bonchev–Trinajstić information content (AvgIpc) is 2.68. The number of amides is 1. The Bertz CT molecular complexity index is 1050. The highest BCUT2D eigenvalue weighted by atomic mass is 32.2. The third-order valence-electron chi connectivity index (χ3n) is 4.11. The van der Waals surface area contributed by atoms with Gasteiger partial charge < -0.3 is 10.4 Å². The second kappa shape index (κ2) is 8.99. The van der Waals surface area contributed by atoms with Crippen molar-refractivity contribution in [3.63, 3.8) is 0 Å². The molecule has 2 N–H and O–H groups in total. The highest BCUT2D eigenvalue weighted by molar-refractivity contribution is 8.00. The Kier molecular flexibility index (Phi) is 6.43. The first-order valence-corrected chi connectivity index (χ1v) is 9.71. The minimum Gasteiger partial charge on any atom is -0.396 e. The fourth-order valence-corrected chi connectivity index (χ4v) is 3.62. The van der Waals surface area contributed by atoms with Crippen molar-refractivity contribution in [2.45, 2.75) is 30.3 Å². The fourth-order valence-electron chi connectivity index (χ4n) is 2.69. The van der Waals surface area contributed by atoms with Crippen LogP contribution >= 0.6 is 11.8 Å². The minimum absolute atomic E-state index is 0.0566. The van der Waals surface area contributed by atoms with E-state index < -0.39 is 11.1 Å². The van der Waals surface area contributed by atoms with E-state index >= 15 is 0 Å². The Morgan fingerprint density at radius 2 is 2.07 bits per heavy atom. The Labute approximate surface area is 165 Å². The summed E-state index contributed by atoms with van der Waals surface area (Å²) in [6, 6.07) is 12.7. The molecule has 0 fully saturated rings. The third kappa shape index (κ3) is 4.58. The van der Waals surface area contributed by atoms with Crippen molar-refractivity contribution >= 4 is 34.3 Å². The maximum Gasteiger partial charge on any atom is 0.262 e. The first-order valence-electron chi connectivity index (χ1n) is 8.83. The monoisotopic (exact) mass is 401 g/mol. The maximum atomic E-state index is 13.3. The number of nitrogens with zero attached hydrogens (tertiary/aromatic N) is 2. The van der Waals surface area contributed by atoms with E-state index in [1.807, 2.05) is 0 Å². The van der Waals surface area contributed by atoms with Crippen molar-refractivity contribution in [1.29, 1.82) is 0 Å². The van der Waals surface area contributed by atoms with Crippen LogP contribution in [-0.2, 0) is 11.3 Å². The normalized spacial score (nSPS) is 12.1. The lowest BCUT2D eigenvalue weighted by atomic mass is 10.2. The van der Waals surface area contributed by atoms with Gasteiger partial charge in [0.1, 0.15) is 5.82 Å². The number of thioether (sulfide) groups is 1. The summed E-state index contributed by atoms with van der Waals surface area (Å²) in [5.41, 5.74) is 0.703. The summed E-state index contributed by atoms with van der Waals surface area (Å²) in [6.45, 7) is 1.93. The molecular weight excluding hydrogens is 381 g/mol. The molecule has 8 heteroatoms. The van der Waals surface area contributed by atoms with E-state index in [2.05, 4.69) is 10.3 Å². The van der Waals surface area contributed by atoms with E-state index in [1.165, 1.54) is 22.8 Å². The second-order valence-corrected chi connectivity index (χ2v) is 7.51. The van der Waals surface area contributed by atoms with Crippen LogP contribution in [0.3, 0.4) is 0 Å². The van der Waals surface area contributed by atoms with Crippen LogP contribution in [0.15, 0.2) is 58.5 Å². The molecule has 28 heavy (non-hydrogen) atoms. The predicted octanol–water partition coefficient (Wildman–Crippen LogP) is 3.04. The average molecular weight is 401 g/mol. The number of aliphatic hydroxyl groups excluding tert-OH is 1. The lowest BCUT2D eigenvalue weighted by Crippen LogP contribution is -2.27. The third-order valence-corrected chi connectivity index (χ3v) is 5.20. The van der Waals surface area contributed by atoms with Crippen LogP contribution in [0.5, 0.6) is 0 Å². The molecule has 146 valence electrons. The molecule has 0 bridgehead atoms. The summed E-state index contributed by atoms with van der Waals surface area (Å²) in [6.07, 6.45) is 0.400. The summed E-state index contributed by atoms with van der Waals surface area (Å²) in [5.74, 6) is -0.765. The molecule has 1 amide bonds. The lowest BCUT2D eigenvalue weighted by Gasteiger charge is -2.16. The lowest BCUT2D eigenvalue weighted by molar-refractivity contribution is -0.115. The van der Waals surface area contributed by atoms with Gasteiger partial charge in [-0.15, -0.1) is 0 Å². The minimum atomic E-state index is -0.572. The molecule has 0 aliphatic rings. The van der Waals surface area contributed by atoms with Crippen LogP contribution < -0.4 is 10.9 Å². The van der Waals surface area contributed by atoms with Gasteiger partial charge in [0.15, 0.2) is 5.16 Å². The molecule has 0 aliphatic carbocycles. The summed E-state index contributed by atoms with van der Waals surface area (Å²) < 4.78 is 14.8. The number of nitrogens with one attached hydrogen (secondary N) is 1. The molecule has 0 spiro atoms. The Morgan fingerprint density at radius 1 is 1.29 bits per heavy atom. The van der Waals surface area contributed by atoms with Crippen molar-refractivity contribution in [3.05, 3.63) is 64.7 Å². The van der Waals surface area contributed by atoms with Crippen molar-refractivity contribution in [3.8, 4) is 0 Å². The van der Waals surface area contributed by atoms with Gasteiger partial charge in [-0.25, -0.2) is 9.37 Å². The van der Waals surface area contributed by atoms with Gasteiger partial charge in [0, 0.05) is 18.8 Å². The predicted molar refractivity (Wildman–Crippen MR) is 108 cm³/mol. The van der Waals surface area contributed by atoms with E-state index in [1.54, 1.807) is 37.3 Å². The van der Waals surface area contributed by atoms with Crippen LogP contribution in [0.4, 0.5) is 10.1 Å². The Morgan fingerprint density at radius 3 is 2.82 bits per heavy atom. The molecule has 6 nitrogen and oxygen atoms in total. The molecule has 3 aromatic rings. The topological polar surface area (TPSA) is 84.2 Å². The fraction of sp³-hybridized carbons (Fsp3) is 0.250. The number of benzene rings is 2. The van der Waals surface area contributed by atoms with Gasteiger partial charge in [0.25, 0.3) is 5.56 Å². The number of rotatable bonds is 7. The summed E-state index contributed by atoms with van der Waals surface area (Å²) >= 11 is 1.15. The van der Waals surface area contributed by atoms with Gasteiger partial charge in [-0.1, -0.05) is 30.0 Å². The molecule has 0 radical (unpaired) electrons. The van der Waals surface area contributed by atoms with E-state index in [0.717, 1.165) is 11.8 Å². The number of aromatic nitrogens is 2. The number of aliphatic hydroxyl groups is 1. The van der Waals surface area contributed by atoms with E-state index in [4.69, 9.17) is 5.11 Å². The summed E-state index contributed by atoms with van der Waals surface area (Å²) in [7, 11) is 0. The quantitative estimate of drug-likeness (QED) is 0.470. The van der Waals surface area contributed by atoms with Gasteiger partial charge in [0.05, 0.1) is 16.2 Å². The van der Waals surface area contributed by atoms with E-state index in [9.17, 15) is 14.0 Å². The van der Waals surface area contributed by atoms with Crippen LogP contribution in [0.2, 0.25) is 0 Å². The second-order valence-electron chi connectivity index (χ2n) is 6.21. The van der Waals surface area contributed by atoms with Gasteiger partial charge in [-0.05, 0) is 43.7 Å². The zero-order chi connectivity index (χ0) is 20.1. The van der Waals surface area contributed by atoms with Crippen LogP contribution in [0, 0.1) is 5.82 Å². The summed E-state index contributed by atoms with van der Waals surface area (Å²) in [4.78, 5) is 29.8. The first kappa shape index (κ1) is 20.0.